The van der Waals surface area contributed by atoms with Crippen LogP contribution in [0.3, 0.4) is 0 Å². The number of hydrogen-bond acceptors (Lipinski definition) is 7. The van der Waals surface area contributed by atoms with Crippen molar-refractivity contribution < 1.29 is 35.9 Å². The third-order valence-corrected chi connectivity index (χ3v) is 5.97. The van der Waals surface area contributed by atoms with Gasteiger partial charge in [-0.15, -0.1) is 0 Å². The van der Waals surface area contributed by atoms with Gasteiger partial charge in [0.05, 0.1) is 29.9 Å². The fraction of sp³-hybridized carbons (Fsp3) is 0.217. The van der Waals surface area contributed by atoms with Gasteiger partial charge in [0.15, 0.2) is 11.5 Å². The predicted octanol–water partition coefficient (Wildman–Crippen LogP) is 3.13. The minimum Gasteiger partial charge on any atom is -0.462 e. The summed E-state index contributed by atoms with van der Waals surface area (Å²) in [7, 11) is -3.98. The van der Waals surface area contributed by atoms with Crippen LogP contribution in [-0.4, -0.2) is 36.5 Å². The average molecular weight is 520 g/mol. The Kier molecular flexibility index (Phi) is 7.79. The average Bonchev–Trinajstić information content (AvgIpc) is 3.25. The van der Waals surface area contributed by atoms with Gasteiger partial charge in [0.1, 0.15) is 6.07 Å². The van der Waals surface area contributed by atoms with Crippen LogP contribution in [-0.2, 0) is 37.9 Å². The minimum atomic E-state index is -5.02. The second kappa shape index (κ2) is 10.6. The number of nitriles is 1. The second-order valence-corrected chi connectivity index (χ2v) is 9.18. The lowest BCUT2D eigenvalue weighted by Crippen LogP contribution is -2.32. The predicted molar refractivity (Wildman–Crippen MR) is 120 cm³/mol. The van der Waals surface area contributed by atoms with Crippen molar-refractivity contribution in [3.8, 4) is 11.9 Å². The summed E-state index contributed by atoms with van der Waals surface area (Å²) in [6.45, 7) is 1.24. The molecule has 36 heavy (non-hydrogen) atoms. The van der Waals surface area contributed by atoms with Gasteiger partial charge in [0.2, 0.25) is 15.9 Å². The molecule has 0 aliphatic rings. The number of sulfonamides is 1. The Morgan fingerprint density at radius 2 is 1.86 bits per heavy atom. The Morgan fingerprint density at radius 1 is 1.17 bits per heavy atom. The molecule has 1 amide bonds. The van der Waals surface area contributed by atoms with Gasteiger partial charge in [-0.05, 0) is 30.2 Å². The zero-order chi connectivity index (χ0) is 26.5. The number of nitrogens with one attached hydrogen (secondary N) is 1. The molecule has 0 atom stereocenters. The van der Waals surface area contributed by atoms with E-state index in [0.29, 0.717) is 5.56 Å². The van der Waals surface area contributed by atoms with Crippen LogP contribution in [0, 0.1) is 11.3 Å². The number of pyridine rings is 1. The lowest BCUT2D eigenvalue weighted by atomic mass is 10.1. The van der Waals surface area contributed by atoms with E-state index in [1.807, 2.05) is 4.72 Å². The maximum absolute atomic E-state index is 13.6. The van der Waals surface area contributed by atoms with Crippen LogP contribution in [0.15, 0.2) is 54.9 Å². The van der Waals surface area contributed by atoms with Crippen molar-refractivity contribution in [2.45, 2.75) is 25.3 Å². The van der Waals surface area contributed by atoms with Crippen LogP contribution in [0.4, 0.5) is 13.2 Å². The van der Waals surface area contributed by atoms with E-state index < -0.39 is 57.3 Å². The molecule has 0 aliphatic carbocycles. The highest BCUT2D eigenvalue weighted by atomic mass is 32.2. The zero-order valence-electron chi connectivity index (χ0n) is 18.7. The number of amides is 1. The number of hydrogen-bond donors (Lipinski definition) is 1. The van der Waals surface area contributed by atoms with Crippen LogP contribution in [0.1, 0.15) is 39.7 Å². The molecule has 0 radical (unpaired) electrons. The highest BCUT2D eigenvalue weighted by Crippen LogP contribution is 2.33. The van der Waals surface area contributed by atoms with Crippen molar-refractivity contribution in [2.24, 2.45) is 0 Å². The van der Waals surface area contributed by atoms with Crippen LogP contribution in [0.25, 0.3) is 5.82 Å². The highest BCUT2D eigenvalue weighted by Gasteiger charge is 2.39. The van der Waals surface area contributed by atoms with Crippen molar-refractivity contribution in [1.29, 1.82) is 5.26 Å². The number of benzene rings is 1. The Hall–Kier alpha value is -4.18. The molecule has 3 rings (SSSR count). The van der Waals surface area contributed by atoms with Crippen molar-refractivity contribution >= 4 is 21.9 Å². The van der Waals surface area contributed by atoms with E-state index >= 15 is 0 Å². The molecule has 0 aliphatic heterocycles. The van der Waals surface area contributed by atoms with E-state index in [2.05, 4.69) is 9.72 Å². The number of esters is 1. The van der Waals surface area contributed by atoms with Crippen LogP contribution in [0.2, 0.25) is 0 Å². The largest absolute Gasteiger partial charge is 0.462 e. The fourth-order valence-electron chi connectivity index (χ4n) is 3.26. The molecule has 9 nitrogen and oxygen atoms in total. The highest BCUT2D eigenvalue weighted by molar-refractivity contribution is 7.89. The number of halogens is 3. The number of rotatable bonds is 8. The van der Waals surface area contributed by atoms with Crippen molar-refractivity contribution in [1.82, 2.24) is 14.3 Å². The van der Waals surface area contributed by atoms with Crippen molar-refractivity contribution in [2.75, 3.05) is 6.61 Å². The lowest BCUT2D eigenvalue weighted by Gasteiger charge is -2.14. The molecule has 0 unspecified atom stereocenters. The van der Waals surface area contributed by atoms with Gasteiger partial charge in [-0.2, -0.15) is 18.4 Å². The van der Waals surface area contributed by atoms with Gasteiger partial charge < -0.3 is 9.30 Å². The third kappa shape index (κ3) is 6.48. The van der Waals surface area contributed by atoms with Crippen LogP contribution in [0.5, 0.6) is 0 Å². The molecular weight excluding hydrogens is 501 g/mol. The Balaban J connectivity index is 1.85. The normalized spacial score (nSPS) is 11.5. The summed E-state index contributed by atoms with van der Waals surface area (Å²) < 4.78 is 73.0. The fourth-order valence-corrected chi connectivity index (χ4v) is 4.39. The van der Waals surface area contributed by atoms with Gasteiger partial charge in [-0.3, -0.25) is 9.52 Å². The lowest BCUT2D eigenvalue weighted by molar-refractivity contribution is -0.141. The first-order valence-corrected chi connectivity index (χ1v) is 12.0. The summed E-state index contributed by atoms with van der Waals surface area (Å²) in [6.07, 6.45) is -2.94. The zero-order valence-corrected chi connectivity index (χ0v) is 19.6. The molecule has 0 saturated carbocycles. The summed E-state index contributed by atoms with van der Waals surface area (Å²) in [6, 6.07) is 12.0. The molecular formula is C23H19F3N4O5S. The quantitative estimate of drug-likeness (QED) is 0.452. The molecule has 2 aromatic heterocycles. The van der Waals surface area contributed by atoms with Gasteiger partial charge >= 0.3 is 12.1 Å². The maximum atomic E-state index is 13.6. The third-order valence-electron chi connectivity index (χ3n) is 4.72. The smallest absolute Gasteiger partial charge is 0.434 e. The van der Waals surface area contributed by atoms with E-state index in [1.165, 1.54) is 25.4 Å². The molecule has 0 bridgehead atoms. The van der Waals surface area contributed by atoms with E-state index in [9.17, 15) is 36.4 Å². The molecule has 1 N–H and O–H groups in total. The Morgan fingerprint density at radius 3 is 2.47 bits per heavy atom. The molecule has 1 aromatic carbocycles. The van der Waals surface area contributed by atoms with E-state index in [0.717, 1.165) is 10.6 Å². The number of ether oxygens (including phenoxy) is 1. The van der Waals surface area contributed by atoms with Crippen molar-refractivity contribution in [3.05, 3.63) is 82.8 Å². The topological polar surface area (TPSA) is 131 Å². The number of aromatic nitrogens is 2. The molecule has 3 aromatic rings. The summed E-state index contributed by atoms with van der Waals surface area (Å²) in [4.78, 5) is 27.8. The molecule has 0 saturated heterocycles. The number of carbonyl (C=O) groups excluding carboxylic acids is 2. The van der Waals surface area contributed by atoms with E-state index in [4.69, 9.17) is 0 Å². The minimum absolute atomic E-state index is 0.177. The van der Waals surface area contributed by atoms with Gasteiger partial charge in [-0.1, -0.05) is 30.3 Å². The summed E-state index contributed by atoms with van der Waals surface area (Å²) in [5.74, 6) is -2.97. The second-order valence-electron chi connectivity index (χ2n) is 7.46. The Labute approximate surface area is 204 Å². The first-order valence-electron chi connectivity index (χ1n) is 10.4. The number of carbonyl (C=O) groups is 2. The molecule has 2 heterocycles. The van der Waals surface area contributed by atoms with E-state index in [-0.39, 0.29) is 17.7 Å². The first-order chi connectivity index (χ1) is 16.9. The van der Waals surface area contributed by atoms with E-state index in [1.54, 1.807) is 36.4 Å². The molecule has 0 fully saturated rings. The number of alkyl halides is 3. The summed E-state index contributed by atoms with van der Waals surface area (Å²) >= 11 is 0. The molecule has 0 spiro atoms. The standard InChI is InChI=1S/C23H19F3N4O5S/c1-2-35-22(32)18-11-17(12-27)21(28-20(18)23(24,25)26)30-9-8-16(13-30)10-19(31)29-36(33,34)14-15-6-4-3-5-7-15/h3-9,11,13H,2,10,14H2,1H3,(H,29,31). The summed E-state index contributed by atoms with van der Waals surface area (Å²) in [5, 5.41) is 9.44. The molecule has 13 heteroatoms. The van der Waals surface area contributed by atoms with Gasteiger partial charge in [0, 0.05) is 12.4 Å². The molecule has 188 valence electrons. The van der Waals surface area contributed by atoms with Crippen LogP contribution >= 0.6 is 0 Å². The maximum Gasteiger partial charge on any atom is 0.434 e. The van der Waals surface area contributed by atoms with Crippen molar-refractivity contribution in [3.63, 3.8) is 0 Å². The first kappa shape index (κ1) is 26.4. The van der Waals surface area contributed by atoms with Gasteiger partial charge in [0.25, 0.3) is 0 Å². The SMILES string of the molecule is CCOC(=O)c1cc(C#N)c(-n2ccc(CC(=O)NS(=O)(=O)Cc3ccccc3)c2)nc1C(F)(F)F. The van der Waals surface area contributed by atoms with Gasteiger partial charge in [-0.25, -0.2) is 18.2 Å². The summed E-state index contributed by atoms with van der Waals surface area (Å²) in [5.41, 5.74) is -2.06. The monoisotopic (exact) mass is 520 g/mol. The number of nitrogens with zero attached hydrogens (tertiary/aromatic N) is 3. The van der Waals surface area contributed by atoms with Crippen LogP contribution < -0.4 is 4.72 Å². The Bertz CT molecular complexity index is 1430.